The summed E-state index contributed by atoms with van der Waals surface area (Å²) in [5, 5.41) is 27.8. The van der Waals surface area contributed by atoms with Crippen molar-refractivity contribution in [2.24, 2.45) is 0 Å². The molecule has 3 rings (SSSR count). The van der Waals surface area contributed by atoms with E-state index in [1.807, 2.05) is 42.7 Å². The maximum atomic E-state index is 12.9. The van der Waals surface area contributed by atoms with E-state index in [-0.39, 0.29) is 48.3 Å². The van der Waals surface area contributed by atoms with Crippen LogP contribution >= 0.6 is 11.8 Å². The third-order valence-corrected chi connectivity index (χ3v) is 7.34. The minimum Gasteiger partial charge on any atom is -0.403 e. The van der Waals surface area contributed by atoms with Gasteiger partial charge in [0.15, 0.2) is 0 Å². The summed E-state index contributed by atoms with van der Waals surface area (Å²) in [6.45, 7) is -0.0511. The quantitative estimate of drug-likeness (QED) is 0.415. The van der Waals surface area contributed by atoms with Crippen LogP contribution in [0.15, 0.2) is 62.7 Å². The molecule has 0 atom stereocenters. The maximum Gasteiger partial charge on any atom is 0.322 e. The Labute approximate surface area is 201 Å². The standard InChI is InChI=1S/C22H20N6O4S2/c1-33-18-8-4-17(5-9-18)21-26-27-22(32-21)25-20(29)16-6-10-19(11-7-16)34(30,31)28(14-2-12-23)15-3-13-24/h4-11H,2-3,14-15H2,1H3,(H,25,27,29). The normalized spacial score (nSPS) is 11.1. The molecule has 0 spiro atoms. The predicted octanol–water partition coefficient (Wildman–Crippen LogP) is 3.53. The van der Waals surface area contributed by atoms with Crippen LogP contribution in [0.25, 0.3) is 11.5 Å². The van der Waals surface area contributed by atoms with Crippen LogP contribution < -0.4 is 5.32 Å². The molecule has 0 saturated heterocycles. The summed E-state index contributed by atoms with van der Waals surface area (Å²) in [4.78, 5) is 13.6. The smallest absolute Gasteiger partial charge is 0.322 e. The Morgan fingerprint density at radius 1 is 1.03 bits per heavy atom. The molecule has 0 aliphatic carbocycles. The van der Waals surface area contributed by atoms with Crippen LogP contribution in [0.2, 0.25) is 0 Å². The third kappa shape index (κ3) is 5.99. The summed E-state index contributed by atoms with van der Waals surface area (Å²) >= 11 is 1.60. The summed E-state index contributed by atoms with van der Waals surface area (Å²) in [6.07, 6.45) is 1.97. The molecule has 0 saturated carbocycles. The molecule has 174 valence electrons. The lowest BCUT2D eigenvalue weighted by molar-refractivity contribution is 0.102. The third-order valence-electron chi connectivity index (χ3n) is 4.68. The van der Waals surface area contributed by atoms with E-state index in [2.05, 4.69) is 15.5 Å². The lowest BCUT2D eigenvalue weighted by atomic mass is 10.2. The van der Waals surface area contributed by atoms with Gasteiger partial charge in [-0.25, -0.2) is 8.42 Å². The van der Waals surface area contributed by atoms with Gasteiger partial charge >= 0.3 is 6.01 Å². The fourth-order valence-electron chi connectivity index (χ4n) is 2.92. The molecule has 1 amide bonds. The van der Waals surface area contributed by atoms with Crippen LogP contribution in [-0.2, 0) is 10.0 Å². The predicted molar refractivity (Wildman–Crippen MR) is 125 cm³/mol. The van der Waals surface area contributed by atoms with Gasteiger partial charge < -0.3 is 4.42 Å². The Kier molecular flexibility index (Phi) is 8.38. The van der Waals surface area contributed by atoms with Crippen molar-refractivity contribution >= 4 is 33.7 Å². The van der Waals surface area contributed by atoms with Crippen LogP contribution in [0.5, 0.6) is 0 Å². The van der Waals surface area contributed by atoms with Crippen molar-refractivity contribution < 1.29 is 17.6 Å². The monoisotopic (exact) mass is 496 g/mol. The molecule has 0 aliphatic rings. The van der Waals surface area contributed by atoms with Gasteiger partial charge in [0.2, 0.25) is 15.9 Å². The summed E-state index contributed by atoms with van der Waals surface area (Å²) in [6, 6.07) is 16.5. The molecule has 34 heavy (non-hydrogen) atoms. The van der Waals surface area contributed by atoms with Crippen molar-refractivity contribution in [2.45, 2.75) is 22.6 Å². The number of anilines is 1. The topological polar surface area (TPSA) is 153 Å². The first-order valence-corrected chi connectivity index (χ1v) is 12.7. The molecule has 1 heterocycles. The number of sulfonamides is 1. The largest absolute Gasteiger partial charge is 0.403 e. The summed E-state index contributed by atoms with van der Waals surface area (Å²) in [7, 11) is -3.92. The molecule has 12 heteroatoms. The van der Waals surface area contributed by atoms with Crippen molar-refractivity contribution in [1.29, 1.82) is 10.5 Å². The fraction of sp³-hybridized carbons (Fsp3) is 0.227. The number of carbonyl (C=O) groups is 1. The highest BCUT2D eigenvalue weighted by Crippen LogP contribution is 2.24. The first-order chi connectivity index (χ1) is 16.4. The van der Waals surface area contributed by atoms with E-state index in [4.69, 9.17) is 14.9 Å². The molecule has 0 radical (unpaired) electrons. The number of hydrogen-bond acceptors (Lipinski definition) is 9. The Hall–Kier alpha value is -3.71. The maximum absolute atomic E-state index is 12.9. The van der Waals surface area contributed by atoms with E-state index >= 15 is 0 Å². The highest BCUT2D eigenvalue weighted by molar-refractivity contribution is 7.98. The average Bonchev–Trinajstić information content (AvgIpc) is 3.32. The van der Waals surface area contributed by atoms with Gasteiger partial charge in [-0.15, -0.1) is 16.9 Å². The van der Waals surface area contributed by atoms with Crippen LogP contribution in [-0.4, -0.2) is 48.2 Å². The van der Waals surface area contributed by atoms with Gasteiger partial charge in [-0.05, 0) is 54.8 Å². The molecule has 1 N–H and O–H groups in total. The molecule has 0 fully saturated rings. The van der Waals surface area contributed by atoms with E-state index in [0.29, 0.717) is 5.56 Å². The molecule has 0 unspecified atom stereocenters. The number of rotatable bonds is 10. The van der Waals surface area contributed by atoms with E-state index in [9.17, 15) is 13.2 Å². The van der Waals surface area contributed by atoms with E-state index in [1.54, 1.807) is 11.8 Å². The Balaban J connectivity index is 1.70. The van der Waals surface area contributed by atoms with E-state index in [0.717, 1.165) is 9.20 Å². The molecule has 1 aromatic heterocycles. The van der Waals surface area contributed by atoms with Crippen molar-refractivity contribution in [2.75, 3.05) is 24.7 Å². The van der Waals surface area contributed by atoms with Gasteiger partial charge in [-0.2, -0.15) is 14.8 Å². The van der Waals surface area contributed by atoms with Crippen molar-refractivity contribution in [1.82, 2.24) is 14.5 Å². The SMILES string of the molecule is CSc1ccc(-c2nnc(NC(=O)c3ccc(S(=O)(=O)N(CCC#N)CCC#N)cc3)o2)cc1. The average molecular weight is 497 g/mol. The van der Waals surface area contributed by atoms with E-state index in [1.165, 1.54) is 24.3 Å². The minimum atomic E-state index is -3.92. The van der Waals surface area contributed by atoms with Crippen molar-refractivity contribution in [3.8, 4) is 23.6 Å². The minimum absolute atomic E-state index is 0.000963. The van der Waals surface area contributed by atoms with Gasteiger partial charge in [0.1, 0.15) is 0 Å². The highest BCUT2D eigenvalue weighted by atomic mass is 32.2. The number of thioether (sulfide) groups is 1. The summed E-state index contributed by atoms with van der Waals surface area (Å²) < 4.78 is 32.3. The zero-order valence-corrected chi connectivity index (χ0v) is 19.8. The Bertz CT molecular complexity index is 1310. The fourth-order valence-corrected chi connectivity index (χ4v) is 4.77. The number of aromatic nitrogens is 2. The van der Waals surface area contributed by atoms with Crippen LogP contribution in [0.3, 0.4) is 0 Å². The number of nitrogens with zero attached hydrogens (tertiary/aromatic N) is 5. The Morgan fingerprint density at radius 3 is 2.21 bits per heavy atom. The van der Waals surface area contributed by atoms with Gasteiger partial charge in [0, 0.05) is 42.0 Å². The number of nitrogens with one attached hydrogen (secondary N) is 1. The first kappa shape index (κ1) is 24.9. The molecule has 2 aromatic carbocycles. The molecule has 0 aliphatic heterocycles. The lowest BCUT2D eigenvalue weighted by Gasteiger charge is -2.20. The van der Waals surface area contributed by atoms with Gasteiger partial charge in [0.25, 0.3) is 5.91 Å². The van der Waals surface area contributed by atoms with Crippen LogP contribution in [0, 0.1) is 22.7 Å². The second kappa shape index (κ2) is 11.4. The molecular weight excluding hydrogens is 476 g/mol. The number of benzene rings is 2. The molecule has 10 nitrogen and oxygen atoms in total. The van der Waals surface area contributed by atoms with Gasteiger partial charge in [0.05, 0.1) is 17.0 Å². The van der Waals surface area contributed by atoms with Crippen molar-refractivity contribution in [3.63, 3.8) is 0 Å². The van der Waals surface area contributed by atoms with Crippen LogP contribution in [0.4, 0.5) is 6.01 Å². The second-order valence-electron chi connectivity index (χ2n) is 6.84. The summed E-state index contributed by atoms with van der Waals surface area (Å²) in [5.41, 5.74) is 0.890. The number of nitriles is 2. The molecule has 3 aromatic rings. The number of amides is 1. The number of hydrogen-bond donors (Lipinski definition) is 1. The molecule has 0 bridgehead atoms. The lowest BCUT2D eigenvalue weighted by Crippen LogP contribution is -2.32. The van der Waals surface area contributed by atoms with Crippen molar-refractivity contribution in [3.05, 3.63) is 54.1 Å². The zero-order valence-electron chi connectivity index (χ0n) is 18.1. The van der Waals surface area contributed by atoms with Crippen LogP contribution in [0.1, 0.15) is 23.2 Å². The number of carbonyl (C=O) groups excluding carboxylic acids is 1. The highest BCUT2D eigenvalue weighted by Gasteiger charge is 2.24. The van der Waals surface area contributed by atoms with E-state index < -0.39 is 15.9 Å². The Morgan fingerprint density at radius 2 is 1.65 bits per heavy atom. The molecular formula is C22H20N6O4S2. The van der Waals surface area contributed by atoms with Gasteiger partial charge in [-0.1, -0.05) is 5.10 Å². The summed E-state index contributed by atoms with van der Waals surface area (Å²) in [5.74, 6) is -0.304. The zero-order chi connectivity index (χ0) is 24.6. The van der Waals surface area contributed by atoms with Gasteiger partial charge in [-0.3, -0.25) is 10.1 Å². The second-order valence-corrected chi connectivity index (χ2v) is 9.66. The first-order valence-electron chi connectivity index (χ1n) is 10.0.